The average molecular weight is 287 g/mol. The molecule has 8 atom stereocenters. The molecule has 5 fully saturated rings. The van der Waals surface area contributed by atoms with Crippen LogP contribution in [0.2, 0.25) is 0 Å². The summed E-state index contributed by atoms with van der Waals surface area (Å²) in [6.07, 6.45) is 13.8. The van der Waals surface area contributed by atoms with Crippen LogP contribution in [-0.2, 0) is 0 Å². The van der Waals surface area contributed by atoms with Gasteiger partial charge in [-0.3, -0.25) is 0 Å². The van der Waals surface area contributed by atoms with E-state index in [1.165, 1.54) is 38.5 Å². The molecule has 0 amide bonds. The Balaban J connectivity index is 1.45. The first-order chi connectivity index (χ1) is 10.2. The van der Waals surface area contributed by atoms with Crippen LogP contribution >= 0.6 is 0 Å². The highest BCUT2D eigenvalue weighted by atomic mass is 15.0. The molecule has 21 heavy (non-hydrogen) atoms. The maximum atomic E-state index is 4.09. The highest BCUT2D eigenvalue weighted by molar-refractivity contribution is 5.12. The SMILES string of the molecule is CC1(C)C2CCCCC2C2CC3C(CC21)NC1CCCC13. The van der Waals surface area contributed by atoms with E-state index < -0.39 is 0 Å². The van der Waals surface area contributed by atoms with Gasteiger partial charge in [0.1, 0.15) is 0 Å². The lowest BCUT2D eigenvalue weighted by Crippen LogP contribution is -2.42. The van der Waals surface area contributed by atoms with E-state index >= 15 is 0 Å². The second-order valence-electron chi connectivity index (χ2n) is 9.76. The van der Waals surface area contributed by atoms with Crippen molar-refractivity contribution < 1.29 is 0 Å². The van der Waals surface area contributed by atoms with Crippen molar-refractivity contribution in [3.8, 4) is 0 Å². The molecule has 4 aliphatic carbocycles. The summed E-state index contributed by atoms with van der Waals surface area (Å²) in [4.78, 5) is 0. The van der Waals surface area contributed by atoms with Crippen LogP contribution in [0.1, 0.15) is 71.6 Å². The van der Waals surface area contributed by atoms with Crippen molar-refractivity contribution >= 4 is 0 Å². The third-order valence-electron chi connectivity index (χ3n) is 8.91. The van der Waals surface area contributed by atoms with Crippen LogP contribution in [0.3, 0.4) is 0 Å². The molecule has 1 N–H and O–H groups in total. The van der Waals surface area contributed by atoms with Crippen molar-refractivity contribution in [1.82, 2.24) is 5.32 Å². The lowest BCUT2D eigenvalue weighted by molar-refractivity contribution is 0.0870. The number of rotatable bonds is 0. The molecule has 0 aromatic rings. The Bertz CT molecular complexity index is 428. The standard InChI is InChI=1S/C20H33N/c1-20(2)16-8-4-3-6-12(16)14-10-15-13-7-5-9-18(13)21-19(15)11-17(14)20/h12-19,21H,3-11H2,1-2H3. The van der Waals surface area contributed by atoms with Gasteiger partial charge < -0.3 is 5.32 Å². The van der Waals surface area contributed by atoms with Gasteiger partial charge in [-0.1, -0.05) is 33.1 Å². The Hall–Kier alpha value is -0.0400. The summed E-state index contributed by atoms with van der Waals surface area (Å²) < 4.78 is 0. The van der Waals surface area contributed by atoms with Gasteiger partial charge in [-0.15, -0.1) is 0 Å². The van der Waals surface area contributed by atoms with Gasteiger partial charge in [0.2, 0.25) is 0 Å². The molecule has 0 bridgehead atoms. The number of hydrogen-bond acceptors (Lipinski definition) is 1. The Morgan fingerprint density at radius 1 is 0.667 bits per heavy atom. The lowest BCUT2D eigenvalue weighted by Gasteiger charge is -2.42. The normalized spacial score (nSPS) is 57.4. The first kappa shape index (κ1) is 13.4. The summed E-state index contributed by atoms with van der Waals surface area (Å²) in [6.45, 7) is 5.27. The van der Waals surface area contributed by atoms with Gasteiger partial charge in [0.25, 0.3) is 0 Å². The summed E-state index contributed by atoms with van der Waals surface area (Å²) in [5, 5.41) is 4.09. The minimum atomic E-state index is 0.625. The molecule has 5 rings (SSSR count). The molecule has 1 heteroatoms. The Morgan fingerprint density at radius 3 is 2.38 bits per heavy atom. The molecule has 0 aromatic heterocycles. The van der Waals surface area contributed by atoms with Gasteiger partial charge in [0.05, 0.1) is 0 Å². The minimum absolute atomic E-state index is 0.625. The highest BCUT2D eigenvalue weighted by Crippen LogP contribution is 2.65. The smallest absolute Gasteiger partial charge is 0.0104 e. The van der Waals surface area contributed by atoms with Gasteiger partial charge in [-0.2, -0.15) is 0 Å². The van der Waals surface area contributed by atoms with Gasteiger partial charge in [-0.25, -0.2) is 0 Å². The molecule has 1 aliphatic heterocycles. The molecule has 1 nitrogen and oxygen atoms in total. The van der Waals surface area contributed by atoms with Crippen LogP contribution < -0.4 is 5.32 Å². The van der Waals surface area contributed by atoms with E-state index in [-0.39, 0.29) is 0 Å². The zero-order valence-electron chi connectivity index (χ0n) is 14.0. The summed E-state index contributed by atoms with van der Waals surface area (Å²) in [6, 6.07) is 1.80. The summed E-state index contributed by atoms with van der Waals surface area (Å²) >= 11 is 0. The average Bonchev–Trinajstić information content (AvgIpc) is 3.11. The fourth-order valence-corrected chi connectivity index (χ4v) is 8.11. The van der Waals surface area contributed by atoms with Crippen LogP contribution in [0.25, 0.3) is 0 Å². The van der Waals surface area contributed by atoms with Gasteiger partial charge in [0, 0.05) is 12.1 Å². The predicted octanol–water partition coefficient (Wildman–Crippen LogP) is 4.62. The van der Waals surface area contributed by atoms with E-state index in [1.54, 1.807) is 19.3 Å². The van der Waals surface area contributed by atoms with Crippen molar-refractivity contribution in [3.05, 3.63) is 0 Å². The zero-order chi connectivity index (χ0) is 14.2. The molecular formula is C20H33N. The van der Waals surface area contributed by atoms with Crippen molar-refractivity contribution in [2.24, 2.45) is 40.9 Å². The number of nitrogens with one attached hydrogen (secondary N) is 1. The largest absolute Gasteiger partial charge is 0.311 e. The van der Waals surface area contributed by atoms with Crippen LogP contribution in [0.4, 0.5) is 0 Å². The Kier molecular flexibility index (Phi) is 2.87. The van der Waals surface area contributed by atoms with E-state index in [0.29, 0.717) is 5.41 Å². The topological polar surface area (TPSA) is 12.0 Å². The second kappa shape index (κ2) is 4.49. The van der Waals surface area contributed by atoms with Crippen LogP contribution in [0, 0.1) is 40.9 Å². The first-order valence-electron chi connectivity index (χ1n) is 9.92. The zero-order valence-corrected chi connectivity index (χ0v) is 14.0. The molecule has 0 spiro atoms. The van der Waals surface area contributed by atoms with E-state index in [4.69, 9.17) is 0 Å². The van der Waals surface area contributed by atoms with Crippen molar-refractivity contribution in [1.29, 1.82) is 0 Å². The molecule has 5 aliphatic rings. The molecule has 8 unspecified atom stereocenters. The summed E-state index contributed by atoms with van der Waals surface area (Å²) in [5.74, 6) is 6.38. The van der Waals surface area contributed by atoms with E-state index in [0.717, 1.165) is 47.6 Å². The second-order valence-corrected chi connectivity index (χ2v) is 9.76. The Morgan fingerprint density at radius 2 is 1.48 bits per heavy atom. The highest BCUT2D eigenvalue weighted by Gasteiger charge is 2.60. The molecule has 1 heterocycles. The van der Waals surface area contributed by atoms with Gasteiger partial charge >= 0.3 is 0 Å². The van der Waals surface area contributed by atoms with Crippen molar-refractivity contribution in [2.75, 3.05) is 0 Å². The van der Waals surface area contributed by atoms with E-state index in [2.05, 4.69) is 19.2 Å². The third-order valence-corrected chi connectivity index (χ3v) is 8.91. The summed E-state index contributed by atoms with van der Waals surface area (Å²) in [5.41, 5.74) is 0.625. The maximum absolute atomic E-state index is 4.09. The monoisotopic (exact) mass is 287 g/mol. The number of hydrogen-bond donors (Lipinski definition) is 1. The van der Waals surface area contributed by atoms with E-state index in [1.807, 2.05) is 0 Å². The van der Waals surface area contributed by atoms with E-state index in [9.17, 15) is 0 Å². The fourth-order valence-electron chi connectivity index (χ4n) is 8.11. The first-order valence-corrected chi connectivity index (χ1v) is 9.92. The van der Waals surface area contributed by atoms with Crippen LogP contribution in [0.15, 0.2) is 0 Å². The number of fused-ring (bicyclic) bond motifs is 6. The van der Waals surface area contributed by atoms with Gasteiger partial charge in [-0.05, 0) is 79.4 Å². The quantitative estimate of drug-likeness (QED) is 0.686. The third kappa shape index (κ3) is 1.73. The molecule has 0 radical (unpaired) electrons. The molecule has 118 valence electrons. The maximum Gasteiger partial charge on any atom is 0.0104 e. The summed E-state index contributed by atoms with van der Waals surface area (Å²) in [7, 11) is 0. The molecule has 4 saturated carbocycles. The van der Waals surface area contributed by atoms with Crippen LogP contribution in [0.5, 0.6) is 0 Å². The van der Waals surface area contributed by atoms with Crippen molar-refractivity contribution in [2.45, 2.75) is 83.7 Å². The van der Waals surface area contributed by atoms with Gasteiger partial charge in [0.15, 0.2) is 0 Å². The van der Waals surface area contributed by atoms with Crippen molar-refractivity contribution in [3.63, 3.8) is 0 Å². The fraction of sp³-hybridized carbons (Fsp3) is 1.00. The molecular weight excluding hydrogens is 254 g/mol. The Labute approximate surface area is 130 Å². The van der Waals surface area contributed by atoms with Crippen LogP contribution in [-0.4, -0.2) is 12.1 Å². The lowest BCUT2D eigenvalue weighted by atomic mass is 9.64. The minimum Gasteiger partial charge on any atom is -0.311 e. The molecule has 0 aromatic carbocycles. The predicted molar refractivity (Wildman–Crippen MR) is 87.0 cm³/mol. The molecule has 1 saturated heterocycles.